The molecular formula is C28H32N2O4S. The maximum atomic E-state index is 13.2. The largest absolute Gasteiger partial charge is 0.493 e. The Bertz CT molecular complexity index is 1190. The lowest BCUT2D eigenvalue weighted by atomic mass is 9.86. The summed E-state index contributed by atoms with van der Waals surface area (Å²) >= 11 is 1.48. The zero-order valence-electron chi connectivity index (χ0n) is 21.0. The summed E-state index contributed by atoms with van der Waals surface area (Å²) in [7, 11) is 3.03. The minimum atomic E-state index is -0.425. The normalized spacial score (nSPS) is 12.6. The molecular weight excluding hydrogens is 460 g/mol. The van der Waals surface area contributed by atoms with Crippen LogP contribution >= 0.6 is 11.3 Å². The van der Waals surface area contributed by atoms with Gasteiger partial charge >= 0.3 is 0 Å². The van der Waals surface area contributed by atoms with E-state index < -0.39 is 5.91 Å². The van der Waals surface area contributed by atoms with Crippen molar-refractivity contribution in [2.24, 2.45) is 0 Å². The van der Waals surface area contributed by atoms with Crippen molar-refractivity contribution < 1.29 is 19.1 Å². The van der Waals surface area contributed by atoms with Crippen LogP contribution in [-0.4, -0.2) is 26.0 Å². The van der Waals surface area contributed by atoms with Crippen LogP contribution in [0.2, 0.25) is 0 Å². The molecule has 2 aromatic carbocycles. The summed E-state index contributed by atoms with van der Waals surface area (Å²) in [5.74, 6) is 0.147. The molecule has 2 amide bonds. The minimum absolute atomic E-state index is 0.0516. The molecule has 184 valence electrons. The Morgan fingerprint density at radius 1 is 0.971 bits per heavy atom. The van der Waals surface area contributed by atoms with Crippen molar-refractivity contribution >= 4 is 29.2 Å². The number of carbonyl (C=O) groups is 2. The first-order chi connectivity index (χ1) is 16.6. The van der Waals surface area contributed by atoms with Gasteiger partial charge in [0.15, 0.2) is 11.5 Å². The molecule has 2 N–H and O–H groups in total. The second-order valence-electron chi connectivity index (χ2n) is 9.16. The zero-order chi connectivity index (χ0) is 25.6. The second-order valence-corrected chi connectivity index (χ2v) is 10.1. The van der Waals surface area contributed by atoms with Crippen LogP contribution in [0.3, 0.4) is 0 Å². The average Bonchev–Trinajstić information content (AvgIpc) is 3.35. The van der Waals surface area contributed by atoms with E-state index in [1.807, 2.05) is 36.6 Å². The lowest BCUT2D eigenvalue weighted by Crippen LogP contribution is -2.36. The van der Waals surface area contributed by atoms with Crippen molar-refractivity contribution in [3.63, 3.8) is 0 Å². The topological polar surface area (TPSA) is 76.7 Å². The molecule has 3 aromatic rings. The third-order valence-electron chi connectivity index (χ3n) is 5.59. The number of benzene rings is 2. The number of rotatable bonds is 8. The van der Waals surface area contributed by atoms with Gasteiger partial charge in [0.2, 0.25) is 0 Å². The third-order valence-corrected chi connectivity index (χ3v) is 6.41. The molecule has 35 heavy (non-hydrogen) atoms. The zero-order valence-corrected chi connectivity index (χ0v) is 21.8. The van der Waals surface area contributed by atoms with Crippen molar-refractivity contribution in [3.05, 3.63) is 87.2 Å². The van der Waals surface area contributed by atoms with Gasteiger partial charge < -0.3 is 20.1 Å². The van der Waals surface area contributed by atoms with Crippen LogP contribution in [0.15, 0.2) is 65.7 Å². The molecule has 1 aromatic heterocycles. The van der Waals surface area contributed by atoms with Crippen LogP contribution in [0.5, 0.6) is 11.5 Å². The van der Waals surface area contributed by atoms with E-state index in [4.69, 9.17) is 9.47 Å². The number of amides is 2. The summed E-state index contributed by atoms with van der Waals surface area (Å²) in [5, 5.41) is 7.68. The Morgan fingerprint density at radius 3 is 2.23 bits per heavy atom. The van der Waals surface area contributed by atoms with Crippen LogP contribution in [0.1, 0.15) is 60.1 Å². The first-order valence-corrected chi connectivity index (χ1v) is 12.2. The van der Waals surface area contributed by atoms with Crippen LogP contribution in [0.25, 0.3) is 6.08 Å². The van der Waals surface area contributed by atoms with E-state index in [1.54, 1.807) is 24.3 Å². The van der Waals surface area contributed by atoms with Crippen molar-refractivity contribution in [3.8, 4) is 11.5 Å². The van der Waals surface area contributed by atoms with Crippen LogP contribution in [-0.2, 0) is 10.2 Å². The summed E-state index contributed by atoms with van der Waals surface area (Å²) in [6, 6.07) is 16.6. The predicted molar refractivity (Wildman–Crippen MR) is 141 cm³/mol. The summed E-state index contributed by atoms with van der Waals surface area (Å²) in [5.41, 5.74) is 2.76. The van der Waals surface area contributed by atoms with Crippen molar-refractivity contribution in [2.75, 3.05) is 14.2 Å². The number of hydrogen-bond acceptors (Lipinski definition) is 5. The molecule has 0 saturated heterocycles. The first kappa shape index (κ1) is 26.0. The Labute approximate surface area is 211 Å². The van der Waals surface area contributed by atoms with E-state index in [9.17, 15) is 9.59 Å². The van der Waals surface area contributed by atoms with E-state index in [-0.39, 0.29) is 23.1 Å². The SMILES string of the molecule is COc1ccc(C(=O)N/C(=C\c2cccs2)C(=O)N[C@@H](C)c2ccc(C(C)(C)C)cc2)cc1OC. The van der Waals surface area contributed by atoms with Gasteiger partial charge in [-0.25, -0.2) is 0 Å². The van der Waals surface area contributed by atoms with Gasteiger partial charge in [-0.05, 0) is 59.2 Å². The molecule has 0 aliphatic rings. The molecule has 0 aliphatic heterocycles. The fourth-order valence-corrected chi connectivity index (χ4v) is 4.13. The molecule has 0 bridgehead atoms. The summed E-state index contributed by atoms with van der Waals surface area (Å²) in [6.45, 7) is 8.41. The van der Waals surface area contributed by atoms with Gasteiger partial charge in [-0.15, -0.1) is 11.3 Å². The molecule has 0 saturated carbocycles. The lowest BCUT2D eigenvalue weighted by molar-refractivity contribution is -0.118. The molecule has 3 rings (SSSR count). The van der Waals surface area contributed by atoms with E-state index in [2.05, 4.69) is 43.5 Å². The number of hydrogen-bond donors (Lipinski definition) is 2. The molecule has 0 spiro atoms. The molecule has 0 unspecified atom stereocenters. The number of carbonyl (C=O) groups excluding carboxylic acids is 2. The van der Waals surface area contributed by atoms with Gasteiger partial charge in [0.05, 0.1) is 20.3 Å². The molecule has 7 heteroatoms. The van der Waals surface area contributed by atoms with Crippen molar-refractivity contribution in [1.82, 2.24) is 10.6 Å². The predicted octanol–water partition coefficient (Wildman–Crippen LogP) is 5.71. The number of thiophene rings is 1. The molecule has 0 aliphatic carbocycles. The van der Waals surface area contributed by atoms with Gasteiger partial charge in [-0.3, -0.25) is 9.59 Å². The first-order valence-electron chi connectivity index (χ1n) is 11.3. The Morgan fingerprint density at radius 2 is 1.66 bits per heavy atom. The van der Waals surface area contributed by atoms with Crippen molar-refractivity contribution in [1.29, 1.82) is 0 Å². The van der Waals surface area contributed by atoms with E-state index in [1.165, 1.54) is 31.1 Å². The Kier molecular flexibility index (Phi) is 8.35. The minimum Gasteiger partial charge on any atom is -0.493 e. The Hall–Kier alpha value is -3.58. The van der Waals surface area contributed by atoms with E-state index in [0.29, 0.717) is 17.1 Å². The van der Waals surface area contributed by atoms with Crippen molar-refractivity contribution in [2.45, 2.75) is 39.2 Å². The maximum Gasteiger partial charge on any atom is 0.268 e. The standard InChI is InChI=1S/C28H32N2O4S/c1-18(19-9-12-21(13-10-19)28(2,3)4)29-27(32)23(17-22-8-7-15-35-22)30-26(31)20-11-14-24(33-5)25(16-20)34-6/h7-18H,1-6H3,(H,29,32)(H,30,31)/b23-17-/t18-/m0/s1. The van der Waals surface area contributed by atoms with Gasteiger partial charge in [-0.1, -0.05) is 51.1 Å². The number of nitrogens with one attached hydrogen (secondary N) is 2. The third kappa shape index (κ3) is 6.73. The summed E-state index contributed by atoms with van der Waals surface area (Å²) in [4.78, 5) is 27.1. The highest BCUT2D eigenvalue weighted by Gasteiger charge is 2.20. The number of methoxy groups -OCH3 is 2. The highest BCUT2D eigenvalue weighted by molar-refractivity contribution is 7.10. The number of ether oxygens (including phenoxy) is 2. The highest BCUT2D eigenvalue weighted by atomic mass is 32.1. The van der Waals surface area contributed by atoms with E-state index >= 15 is 0 Å². The summed E-state index contributed by atoms with van der Waals surface area (Å²) < 4.78 is 10.5. The van der Waals surface area contributed by atoms with Gasteiger partial charge in [0, 0.05) is 10.4 Å². The van der Waals surface area contributed by atoms with Crippen LogP contribution in [0.4, 0.5) is 0 Å². The van der Waals surface area contributed by atoms with Crippen LogP contribution < -0.4 is 20.1 Å². The fraction of sp³-hybridized carbons (Fsp3) is 0.286. The fourth-order valence-electron chi connectivity index (χ4n) is 3.48. The quantitative estimate of drug-likeness (QED) is 0.395. The molecule has 6 nitrogen and oxygen atoms in total. The van der Waals surface area contributed by atoms with Gasteiger partial charge in [0.1, 0.15) is 5.70 Å². The molecule has 0 radical (unpaired) electrons. The van der Waals surface area contributed by atoms with Crippen LogP contribution in [0, 0.1) is 0 Å². The van der Waals surface area contributed by atoms with Gasteiger partial charge in [-0.2, -0.15) is 0 Å². The Balaban J connectivity index is 1.81. The second kappa shape index (κ2) is 11.2. The summed E-state index contributed by atoms with van der Waals surface area (Å²) in [6.07, 6.45) is 1.67. The smallest absolute Gasteiger partial charge is 0.268 e. The molecule has 1 heterocycles. The van der Waals surface area contributed by atoms with E-state index in [0.717, 1.165) is 10.4 Å². The maximum absolute atomic E-state index is 13.2. The molecule has 1 atom stereocenters. The highest BCUT2D eigenvalue weighted by Crippen LogP contribution is 2.28. The monoisotopic (exact) mass is 492 g/mol. The van der Waals surface area contributed by atoms with Gasteiger partial charge in [0.25, 0.3) is 11.8 Å². The lowest BCUT2D eigenvalue weighted by Gasteiger charge is -2.21. The molecule has 0 fully saturated rings. The average molecular weight is 493 g/mol.